The number of fused-ring (bicyclic) bond motifs is 1. The number of benzene rings is 2. The van der Waals surface area contributed by atoms with Crippen LogP contribution in [0, 0.1) is 0 Å². The van der Waals surface area contributed by atoms with Gasteiger partial charge in [0.15, 0.2) is 17.2 Å². The summed E-state index contributed by atoms with van der Waals surface area (Å²) in [5.74, 6) is 3.54. The minimum atomic E-state index is -0.0736. The average Bonchev–Trinajstić information content (AvgIpc) is 2.93. The van der Waals surface area contributed by atoms with E-state index >= 15 is 0 Å². The Bertz CT molecular complexity index is 1280. The van der Waals surface area contributed by atoms with Crippen LogP contribution in [0.1, 0.15) is 18.6 Å². The molecule has 0 amide bonds. The van der Waals surface area contributed by atoms with Crippen LogP contribution in [-0.2, 0) is 0 Å². The Hall–Kier alpha value is -4.14. The molecule has 1 atom stereocenters. The predicted molar refractivity (Wildman–Crippen MR) is 135 cm³/mol. The summed E-state index contributed by atoms with van der Waals surface area (Å²) in [6.45, 7) is 5.14. The number of hydrogen-bond donors (Lipinski definition) is 0. The molecular weight excluding hydrogens is 444 g/mol. The lowest BCUT2D eigenvalue weighted by Crippen LogP contribution is -2.47. The van der Waals surface area contributed by atoms with Gasteiger partial charge < -0.3 is 24.0 Å². The zero-order valence-corrected chi connectivity index (χ0v) is 20.1. The molecule has 180 valence electrons. The van der Waals surface area contributed by atoms with E-state index in [-0.39, 0.29) is 6.10 Å². The highest BCUT2D eigenvalue weighted by Crippen LogP contribution is 2.35. The summed E-state index contributed by atoms with van der Waals surface area (Å²) in [6, 6.07) is 13.9. The molecule has 0 bridgehead atoms. The molecule has 0 unspecified atom stereocenters. The third-order valence-corrected chi connectivity index (χ3v) is 6.18. The highest BCUT2D eigenvalue weighted by Gasteiger charge is 2.22. The van der Waals surface area contributed by atoms with E-state index < -0.39 is 0 Å². The molecule has 9 nitrogen and oxygen atoms in total. The van der Waals surface area contributed by atoms with Crippen molar-refractivity contribution in [1.29, 1.82) is 0 Å². The molecule has 0 aliphatic carbocycles. The second-order valence-corrected chi connectivity index (χ2v) is 8.29. The van der Waals surface area contributed by atoms with E-state index in [1.807, 2.05) is 49.4 Å². The Morgan fingerprint density at radius 2 is 1.46 bits per heavy atom. The lowest BCUT2D eigenvalue weighted by molar-refractivity contribution is 0.225. The summed E-state index contributed by atoms with van der Waals surface area (Å²) in [5, 5.41) is 0.934. The maximum atomic E-state index is 6.01. The molecule has 4 aromatic rings. The number of hydrogen-bond acceptors (Lipinski definition) is 9. The first-order valence-electron chi connectivity index (χ1n) is 11.6. The van der Waals surface area contributed by atoms with Crippen molar-refractivity contribution in [3.8, 4) is 17.2 Å². The number of piperazine rings is 1. The first-order valence-corrected chi connectivity index (χ1v) is 11.6. The number of anilines is 2. The van der Waals surface area contributed by atoms with Gasteiger partial charge >= 0.3 is 0 Å². The van der Waals surface area contributed by atoms with Crippen molar-refractivity contribution in [2.45, 2.75) is 13.0 Å². The lowest BCUT2D eigenvalue weighted by Gasteiger charge is -2.35. The molecule has 0 N–H and O–H groups in total. The van der Waals surface area contributed by atoms with Gasteiger partial charge in [-0.05, 0) is 18.6 Å². The standard InChI is InChI=1S/C26H28N6O3/c1-18(19-7-5-4-6-8-19)35-20-15-27-26(28-16-20)32-11-9-31(10-12-32)25-21-13-23(33-2)24(34-3)14-22(21)29-17-30-25/h4-8,13-18H,9-12H2,1-3H3/t18-/m1/s1. The molecular formula is C26H28N6O3. The number of ether oxygens (including phenoxy) is 3. The summed E-state index contributed by atoms with van der Waals surface area (Å²) in [4.78, 5) is 22.5. The molecule has 0 radical (unpaired) electrons. The molecule has 9 heteroatoms. The Kier molecular flexibility index (Phi) is 6.47. The highest BCUT2D eigenvalue weighted by molar-refractivity contribution is 5.92. The van der Waals surface area contributed by atoms with Crippen LogP contribution in [0.15, 0.2) is 61.2 Å². The molecule has 1 saturated heterocycles. The van der Waals surface area contributed by atoms with Gasteiger partial charge in [-0.2, -0.15) is 0 Å². The van der Waals surface area contributed by atoms with Crippen LogP contribution in [0.3, 0.4) is 0 Å². The second kappa shape index (κ2) is 10.0. The van der Waals surface area contributed by atoms with Crippen molar-refractivity contribution >= 4 is 22.7 Å². The van der Waals surface area contributed by atoms with Crippen LogP contribution >= 0.6 is 0 Å². The van der Waals surface area contributed by atoms with Crippen molar-refractivity contribution in [3.05, 3.63) is 66.7 Å². The Morgan fingerprint density at radius 1 is 0.800 bits per heavy atom. The number of aromatic nitrogens is 4. The van der Waals surface area contributed by atoms with Crippen molar-refractivity contribution in [3.63, 3.8) is 0 Å². The Balaban J connectivity index is 1.25. The van der Waals surface area contributed by atoms with Gasteiger partial charge in [-0.15, -0.1) is 0 Å². The molecule has 0 spiro atoms. The summed E-state index contributed by atoms with van der Waals surface area (Å²) >= 11 is 0. The molecule has 0 saturated carbocycles. The van der Waals surface area contributed by atoms with Crippen LogP contribution in [-0.4, -0.2) is 60.3 Å². The highest BCUT2D eigenvalue weighted by atomic mass is 16.5. The molecule has 1 aliphatic heterocycles. The van der Waals surface area contributed by atoms with Gasteiger partial charge in [-0.3, -0.25) is 0 Å². The lowest BCUT2D eigenvalue weighted by atomic mass is 10.1. The van der Waals surface area contributed by atoms with Gasteiger partial charge in [0.05, 0.1) is 32.1 Å². The fourth-order valence-corrected chi connectivity index (χ4v) is 4.27. The Morgan fingerprint density at radius 3 is 2.14 bits per heavy atom. The molecule has 2 aromatic carbocycles. The molecule has 3 heterocycles. The van der Waals surface area contributed by atoms with E-state index in [4.69, 9.17) is 14.2 Å². The second-order valence-electron chi connectivity index (χ2n) is 8.29. The molecule has 5 rings (SSSR count). The minimum absolute atomic E-state index is 0.0736. The van der Waals surface area contributed by atoms with E-state index in [9.17, 15) is 0 Å². The van der Waals surface area contributed by atoms with Crippen LogP contribution in [0.5, 0.6) is 17.2 Å². The van der Waals surface area contributed by atoms with Gasteiger partial charge in [-0.1, -0.05) is 30.3 Å². The van der Waals surface area contributed by atoms with Gasteiger partial charge in [0.2, 0.25) is 5.95 Å². The number of rotatable bonds is 7. The molecule has 35 heavy (non-hydrogen) atoms. The predicted octanol–water partition coefficient (Wildman–Crippen LogP) is 3.90. The number of nitrogens with zero attached hydrogens (tertiary/aromatic N) is 6. The van der Waals surface area contributed by atoms with Gasteiger partial charge in [0, 0.05) is 37.6 Å². The summed E-state index contributed by atoms with van der Waals surface area (Å²) in [7, 11) is 3.25. The fraction of sp³-hybridized carbons (Fsp3) is 0.308. The van der Waals surface area contributed by atoms with Crippen LogP contribution in [0.4, 0.5) is 11.8 Å². The maximum Gasteiger partial charge on any atom is 0.225 e. The van der Waals surface area contributed by atoms with E-state index in [1.165, 1.54) is 0 Å². The van der Waals surface area contributed by atoms with Crippen molar-refractivity contribution in [2.24, 2.45) is 0 Å². The topological polar surface area (TPSA) is 85.7 Å². The molecule has 1 aliphatic rings. The molecule has 2 aromatic heterocycles. The molecule has 1 fully saturated rings. The summed E-state index contributed by atoms with van der Waals surface area (Å²) in [5.41, 5.74) is 1.93. The quantitative estimate of drug-likeness (QED) is 0.397. The summed E-state index contributed by atoms with van der Waals surface area (Å²) in [6.07, 6.45) is 5.00. The first-order chi connectivity index (χ1) is 17.2. The SMILES string of the molecule is COc1cc2ncnc(N3CCN(c4ncc(O[C@H](C)c5ccccc5)cn4)CC3)c2cc1OC. The van der Waals surface area contributed by atoms with Gasteiger partial charge in [0.1, 0.15) is 18.2 Å². The fourth-order valence-electron chi connectivity index (χ4n) is 4.27. The average molecular weight is 473 g/mol. The van der Waals surface area contributed by atoms with Crippen LogP contribution in [0.25, 0.3) is 10.9 Å². The zero-order valence-electron chi connectivity index (χ0n) is 20.1. The van der Waals surface area contributed by atoms with E-state index in [2.05, 4.69) is 29.7 Å². The first kappa shape index (κ1) is 22.6. The normalized spacial score (nSPS) is 14.6. The van der Waals surface area contributed by atoms with Crippen molar-refractivity contribution < 1.29 is 14.2 Å². The van der Waals surface area contributed by atoms with Crippen LogP contribution in [0.2, 0.25) is 0 Å². The van der Waals surface area contributed by atoms with E-state index in [0.717, 1.165) is 48.5 Å². The maximum absolute atomic E-state index is 6.01. The van der Waals surface area contributed by atoms with Gasteiger partial charge in [-0.25, -0.2) is 19.9 Å². The zero-order chi connectivity index (χ0) is 24.2. The van der Waals surface area contributed by atoms with Crippen LogP contribution < -0.4 is 24.0 Å². The summed E-state index contributed by atoms with van der Waals surface area (Å²) < 4.78 is 16.9. The van der Waals surface area contributed by atoms with E-state index in [0.29, 0.717) is 23.2 Å². The Labute approximate surface area is 204 Å². The monoisotopic (exact) mass is 472 g/mol. The third-order valence-electron chi connectivity index (χ3n) is 6.18. The van der Waals surface area contributed by atoms with Crippen molar-refractivity contribution in [2.75, 3.05) is 50.2 Å². The van der Waals surface area contributed by atoms with Gasteiger partial charge in [0.25, 0.3) is 0 Å². The largest absolute Gasteiger partial charge is 0.493 e. The third kappa shape index (κ3) is 4.75. The smallest absolute Gasteiger partial charge is 0.225 e. The number of methoxy groups -OCH3 is 2. The minimum Gasteiger partial charge on any atom is -0.493 e. The van der Waals surface area contributed by atoms with Crippen molar-refractivity contribution in [1.82, 2.24) is 19.9 Å². The van der Waals surface area contributed by atoms with E-state index in [1.54, 1.807) is 32.9 Å².